The smallest absolute Gasteiger partial charge is 0.0419 e. The Morgan fingerprint density at radius 3 is 2.75 bits per heavy atom. The van der Waals surface area contributed by atoms with Crippen LogP contribution in [0.1, 0.15) is 26.2 Å². The largest absolute Gasteiger partial charge is 0.106 e. The van der Waals surface area contributed by atoms with Gasteiger partial charge < -0.3 is 0 Å². The molecule has 0 aromatic heterocycles. The maximum atomic E-state index is 2.37. The summed E-state index contributed by atoms with van der Waals surface area (Å²) in [5.41, 5.74) is 2.37. The molecule has 1 heteroatoms. The maximum absolute atomic E-state index is 2.37. The second kappa shape index (κ2) is 6.96. The lowest BCUT2D eigenvalue weighted by atomic mass is 10.2. The van der Waals surface area contributed by atoms with Crippen molar-refractivity contribution in [1.82, 2.24) is 0 Å². The van der Waals surface area contributed by atoms with Crippen LogP contribution in [0.5, 0.6) is 0 Å². The van der Waals surface area contributed by atoms with Crippen LogP contribution in [0.3, 0.4) is 0 Å². The molecule has 0 spiro atoms. The Kier molecular flexibility index (Phi) is 6.92. The van der Waals surface area contributed by atoms with Crippen molar-refractivity contribution in [3.05, 3.63) is 11.8 Å². The average molecular weight is 128 g/mol. The Balaban J connectivity index is 2.80. The summed E-state index contributed by atoms with van der Waals surface area (Å²) in [4.78, 5) is 0. The van der Waals surface area contributed by atoms with Gasteiger partial charge in [-0.2, -0.15) is 0 Å². The highest BCUT2D eigenvalue weighted by molar-refractivity contribution is 6.40. The summed E-state index contributed by atoms with van der Waals surface area (Å²) in [5.74, 6) is 0. The molecule has 0 unspecified atom stereocenters. The van der Waals surface area contributed by atoms with Crippen LogP contribution in [0, 0.1) is 0 Å². The zero-order chi connectivity index (χ0) is 6.24. The summed E-state index contributed by atoms with van der Waals surface area (Å²) in [5, 5.41) is 0. The molecule has 0 aliphatic carbocycles. The lowest BCUT2D eigenvalue weighted by molar-refractivity contribution is 0.815. The van der Waals surface area contributed by atoms with Crippen molar-refractivity contribution in [2.75, 3.05) is 0 Å². The first-order chi connectivity index (χ1) is 3.91. The molecule has 0 aromatic rings. The summed E-state index contributed by atoms with van der Waals surface area (Å²) in [6, 6.07) is 0. The molecule has 0 aliphatic rings. The zero-order valence-electron chi connectivity index (χ0n) is 5.98. The van der Waals surface area contributed by atoms with E-state index in [0.717, 1.165) is 0 Å². The molecule has 0 amide bonds. The summed E-state index contributed by atoms with van der Waals surface area (Å²) in [7, 11) is 0.205. The molecule has 0 fully saturated rings. The first kappa shape index (κ1) is 7.96. The van der Waals surface area contributed by atoms with Crippen molar-refractivity contribution in [1.29, 1.82) is 0 Å². The molecule has 0 nitrogen and oxygen atoms in total. The molecular weight excluding hydrogens is 112 g/mol. The molecule has 0 heterocycles. The van der Waals surface area contributed by atoms with E-state index < -0.39 is 0 Å². The first-order valence-corrected chi connectivity index (χ1v) is 5.79. The van der Waals surface area contributed by atoms with Crippen LogP contribution in [0.15, 0.2) is 11.8 Å². The topological polar surface area (TPSA) is 0 Å². The van der Waals surface area contributed by atoms with Crippen LogP contribution in [0.4, 0.5) is 0 Å². The van der Waals surface area contributed by atoms with Crippen LogP contribution < -0.4 is 0 Å². The normalized spacial score (nSPS) is 12.2. The van der Waals surface area contributed by atoms with E-state index in [4.69, 9.17) is 0 Å². The molecule has 48 valence electrons. The Bertz CT molecular complexity index is 57.4. The van der Waals surface area contributed by atoms with Crippen LogP contribution >= 0.6 is 0 Å². The van der Waals surface area contributed by atoms with E-state index in [1.54, 1.807) is 0 Å². The zero-order valence-corrected chi connectivity index (χ0v) is 7.40. The van der Waals surface area contributed by atoms with Crippen LogP contribution in [-0.4, -0.2) is 9.52 Å². The Labute approximate surface area is 54.8 Å². The molecule has 0 bridgehead atoms. The fraction of sp³-hybridized carbons (Fsp3) is 0.714. The quantitative estimate of drug-likeness (QED) is 0.401. The van der Waals surface area contributed by atoms with Gasteiger partial charge in [-0.15, -0.1) is 5.70 Å². The predicted octanol–water partition coefficient (Wildman–Crippen LogP) is 1.91. The number of allylic oxidation sites excluding steroid dienone is 1. The highest BCUT2D eigenvalue weighted by Gasteiger charge is 1.74. The monoisotopic (exact) mass is 128 g/mol. The summed E-state index contributed by atoms with van der Waals surface area (Å²) in [6.07, 6.45) is 6.33. The fourth-order valence-electron chi connectivity index (χ4n) is 0.606. The lowest BCUT2D eigenvalue weighted by Gasteiger charge is -1.85. The standard InChI is InChI=1S/C7H16Si/c1-3-4-5-6-7-8-2/h6-7H,3-5,8H2,1-2H3. The minimum atomic E-state index is 0.205. The van der Waals surface area contributed by atoms with Gasteiger partial charge in [-0.05, 0) is 6.42 Å². The second-order valence-corrected chi connectivity index (χ2v) is 3.31. The van der Waals surface area contributed by atoms with E-state index in [1.165, 1.54) is 19.3 Å². The molecule has 0 rings (SSSR count). The summed E-state index contributed by atoms with van der Waals surface area (Å²) >= 11 is 0. The third kappa shape index (κ3) is 5.96. The van der Waals surface area contributed by atoms with Crippen LogP contribution in [0.25, 0.3) is 0 Å². The number of hydrogen-bond acceptors (Lipinski definition) is 0. The second-order valence-electron chi connectivity index (χ2n) is 2.02. The number of hydrogen-bond donors (Lipinski definition) is 0. The van der Waals surface area contributed by atoms with Crippen molar-refractivity contribution in [2.45, 2.75) is 32.7 Å². The van der Waals surface area contributed by atoms with Gasteiger partial charge in [0.15, 0.2) is 0 Å². The van der Waals surface area contributed by atoms with E-state index in [9.17, 15) is 0 Å². The Morgan fingerprint density at radius 1 is 1.50 bits per heavy atom. The number of rotatable bonds is 4. The van der Waals surface area contributed by atoms with E-state index in [2.05, 4.69) is 25.2 Å². The van der Waals surface area contributed by atoms with Gasteiger partial charge in [0.2, 0.25) is 0 Å². The Morgan fingerprint density at radius 2 is 2.25 bits per heavy atom. The van der Waals surface area contributed by atoms with Gasteiger partial charge in [-0.1, -0.05) is 32.4 Å². The molecule has 0 atom stereocenters. The summed E-state index contributed by atoms with van der Waals surface area (Å²) in [6.45, 7) is 4.54. The molecule has 0 saturated carbocycles. The van der Waals surface area contributed by atoms with Crippen molar-refractivity contribution >= 4 is 9.52 Å². The average Bonchev–Trinajstić information content (AvgIpc) is 1.81. The molecule has 0 saturated heterocycles. The third-order valence-electron chi connectivity index (χ3n) is 1.13. The van der Waals surface area contributed by atoms with Gasteiger partial charge in [-0.25, -0.2) is 0 Å². The maximum Gasteiger partial charge on any atom is 0.0419 e. The molecule has 8 heavy (non-hydrogen) atoms. The highest BCUT2D eigenvalue weighted by Crippen LogP contribution is 1.93. The molecule has 0 aromatic carbocycles. The van der Waals surface area contributed by atoms with E-state index in [1.807, 2.05) is 0 Å². The molecule has 0 aliphatic heterocycles. The van der Waals surface area contributed by atoms with Crippen molar-refractivity contribution in [3.63, 3.8) is 0 Å². The minimum Gasteiger partial charge on any atom is -0.106 e. The van der Waals surface area contributed by atoms with Crippen LogP contribution in [0.2, 0.25) is 6.55 Å². The van der Waals surface area contributed by atoms with E-state index in [0.29, 0.717) is 0 Å². The SMILES string of the molecule is CCCCC=C[SiH2]C. The predicted molar refractivity (Wildman–Crippen MR) is 43.1 cm³/mol. The van der Waals surface area contributed by atoms with Gasteiger partial charge in [0.1, 0.15) is 0 Å². The lowest BCUT2D eigenvalue weighted by Crippen LogP contribution is -1.71. The van der Waals surface area contributed by atoms with Gasteiger partial charge in [0.25, 0.3) is 0 Å². The van der Waals surface area contributed by atoms with Crippen molar-refractivity contribution in [3.8, 4) is 0 Å². The molecular formula is C7H16Si. The first-order valence-electron chi connectivity index (χ1n) is 3.56. The van der Waals surface area contributed by atoms with Gasteiger partial charge in [-0.3, -0.25) is 0 Å². The van der Waals surface area contributed by atoms with E-state index >= 15 is 0 Å². The van der Waals surface area contributed by atoms with Gasteiger partial charge in [0.05, 0.1) is 0 Å². The summed E-state index contributed by atoms with van der Waals surface area (Å²) < 4.78 is 0. The fourth-order valence-corrected chi connectivity index (χ4v) is 1.18. The van der Waals surface area contributed by atoms with E-state index in [-0.39, 0.29) is 9.52 Å². The minimum absolute atomic E-state index is 0.205. The van der Waals surface area contributed by atoms with Gasteiger partial charge in [0, 0.05) is 9.52 Å². The van der Waals surface area contributed by atoms with Crippen LogP contribution in [-0.2, 0) is 0 Å². The van der Waals surface area contributed by atoms with Crippen molar-refractivity contribution < 1.29 is 0 Å². The number of unbranched alkanes of at least 4 members (excludes halogenated alkanes) is 2. The van der Waals surface area contributed by atoms with Crippen molar-refractivity contribution in [2.24, 2.45) is 0 Å². The molecule has 0 radical (unpaired) electrons. The van der Waals surface area contributed by atoms with Gasteiger partial charge >= 0.3 is 0 Å². The third-order valence-corrected chi connectivity index (χ3v) is 1.93. The Hall–Kier alpha value is -0.0431. The highest BCUT2D eigenvalue weighted by atomic mass is 28.2. The molecule has 0 N–H and O–H groups in total.